The highest BCUT2D eigenvalue weighted by atomic mass is 79.9. The van der Waals surface area contributed by atoms with Crippen molar-refractivity contribution in [2.75, 3.05) is 5.32 Å². The molecule has 1 aromatic heterocycles. The summed E-state index contributed by atoms with van der Waals surface area (Å²) >= 11 is 10.8. The van der Waals surface area contributed by atoms with Crippen molar-refractivity contribution in [2.24, 2.45) is 0 Å². The number of benzene rings is 1. The number of anilines is 1. The maximum atomic E-state index is 11.7. The molecule has 1 aromatic carbocycles. The summed E-state index contributed by atoms with van der Waals surface area (Å²) < 4.78 is 0.815. The van der Waals surface area contributed by atoms with Gasteiger partial charge in [0.1, 0.15) is 0 Å². The molecule has 0 aliphatic heterocycles. The van der Waals surface area contributed by atoms with Gasteiger partial charge in [-0.1, -0.05) is 17.7 Å². The molecule has 0 unspecified atom stereocenters. The van der Waals surface area contributed by atoms with Gasteiger partial charge in [-0.25, -0.2) is 0 Å². The van der Waals surface area contributed by atoms with Crippen LogP contribution in [0, 0.1) is 0 Å². The van der Waals surface area contributed by atoms with E-state index in [4.69, 9.17) is 11.6 Å². The Labute approximate surface area is 117 Å². The van der Waals surface area contributed by atoms with Crippen LogP contribution in [0.25, 0.3) is 0 Å². The largest absolute Gasteiger partial charge is 0.326 e. The second-order valence-electron chi connectivity index (χ2n) is 3.43. The Kier molecular flexibility index (Phi) is 4.20. The molecule has 0 saturated carbocycles. The van der Waals surface area contributed by atoms with E-state index < -0.39 is 0 Å². The first-order chi connectivity index (χ1) is 8.15. The smallest absolute Gasteiger partial charge is 0.229 e. The number of thiophene rings is 1. The molecule has 0 aliphatic carbocycles. The van der Waals surface area contributed by atoms with Crippen LogP contribution in [0.2, 0.25) is 5.02 Å². The van der Waals surface area contributed by atoms with Gasteiger partial charge < -0.3 is 5.32 Å². The van der Waals surface area contributed by atoms with Crippen LogP contribution in [0.5, 0.6) is 0 Å². The molecule has 1 amide bonds. The molecule has 2 rings (SSSR count). The zero-order chi connectivity index (χ0) is 12.3. The average Bonchev–Trinajstić information content (AvgIpc) is 2.76. The van der Waals surface area contributed by atoms with Crippen LogP contribution in [-0.2, 0) is 11.2 Å². The zero-order valence-electron chi connectivity index (χ0n) is 8.74. The lowest BCUT2D eigenvalue weighted by Crippen LogP contribution is -2.13. The van der Waals surface area contributed by atoms with Crippen LogP contribution >= 0.6 is 38.9 Å². The van der Waals surface area contributed by atoms with E-state index in [0.29, 0.717) is 17.1 Å². The van der Waals surface area contributed by atoms with Gasteiger partial charge in [0, 0.05) is 15.0 Å². The van der Waals surface area contributed by atoms with E-state index in [0.717, 1.165) is 9.35 Å². The van der Waals surface area contributed by atoms with Crippen molar-refractivity contribution in [3.63, 3.8) is 0 Å². The second kappa shape index (κ2) is 5.67. The molecule has 88 valence electrons. The number of hydrogen-bond acceptors (Lipinski definition) is 2. The first-order valence-electron chi connectivity index (χ1n) is 4.92. The molecule has 1 heterocycles. The van der Waals surface area contributed by atoms with E-state index in [1.165, 1.54) is 0 Å². The van der Waals surface area contributed by atoms with Gasteiger partial charge in [-0.3, -0.25) is 4.79 Å². The van der Waals surface area contributed by atoms with Crippen molar-refractivity contribution >= 4 is 50.5 Å². The van der Waals surface area contributed by atoms with Gasteiger partial charge in [-0.2, -0.15) is 0 Å². The Morgan fingerprint density at radius 1 is 1.41 bits per heavy atom. The molecule has 0 bridgehead atoms. The van der Waals surface area contributed by atoms with Gasteiger partial charge in [0.15, 0.2) is 0 Å². The highest BCUT2D eigenvalue weighted by Crippen LogP contribution is 2.25. The molecule has 1 N–H and O–H groups in total. The van der Waals surface area contributed by atoms with E-state index in [-0.39, 0.29) is 5.91 Å². The fourth-order valence-electron chi connectivity index (χ4n) is 1.35. The molecule has 2 aromatic rings. The minimum Gasteiger partial charge on any atom is -0.326 e. The molecule has 0 radical (unpaired) electrons. The van der Waals surface area contributed by atoms with Crippen molar-refractivity contribution in [3.8, 4) is 0 Å². The van der Waals surface area contributed by atoms with Crippen molar-refractivity contribution in [1.29, 1.82) is 0 Å². The summed E-state index contributed by atoms with van der Waals surface area (Å²) in [6, 6.07) is 9.21. The van der Waals surface area contributed by atoms with Crippen LogP contribution < -0.4 is 5.32 Å². The van der Waals surface area contributed by atoms with Crippen molar-refractivity contribution in [2.45, 2.75) is 6.42 Å². The Hall–Kier alpha value is -0.840. The second-order valence-corrected chi connectivity index (χ2v) is 5.73. The van der Waals surface area contributed by atoms with Crippen LogP contribution in [0.4, 0.5) is 5.69 Å². The molecular weight excluding hydrogens is 322 g/mol. The fourth-order valence-corrected chi connectivity index (χ4v) is 2.48. The standard InChI is InChI=1S/C12H9BrClNOS/c13-10-4-3-8(6-11(10)14)15-12(16)7-9-2-1-5-17-9/h1-6H,7H2,(H,15,16). The maximum absolute atomic E-state index is 11.7. The number of rotatable bonds is 3. The summed E-state index contributed by atoms with van der Waals surface area (Å²) in [7, 11) is 0. The lowest BCUT2D eigenvalue weighted by atomic mass is 10.3. The monoisotopic (exact) mass is 329 g/mol. The van der Waals surface area contributed by atoms with E-state index in [1.807, 2.05) is 29.6 Å². The Bertz CT molecular complexity index is 527. The van der Waals surface area contributed by atoms with E-state index in [1.54, 1.807) is 17.4 Å². The van der Waals surface area contributed by atoms with Gasteiger partial charge in [0.05, 0.1) is 11.4 Å². The topological polar surface area (TPSA) is 29.1 Å². The predicted molar refractivity (Wildman–Crippen MR) is 75.8 cm³/mol. The third kappa shape index (κ3) is 3.56. The quantitative estimate of drug-likeness (QED) is 0.891. The highest BCUT2D eigenvalue weighted by molar-refractivity contribution is 9.10. The lowest BCUT2D eigenvalue weighted by Gasteiger charge is -2.05. The molecule has 0 spiro atoms. The van der Waals surface area contributed by atoms with E-state index >= 15 is 0 Å². The molecule has 0 aliphatic rings. The number of carbonyl (C=O) groups is 1. The van der Waals surface area contributed by atoms with Crippen molar-refractivity contribution < 1.29 is 4.79 Å². The predicted octanol–water partition coefficient (Wildman–Crippen LogP) is 4.35. The molecule has 5 heteroatoms. The molecule has 0 atom stereocenters. The Balaban J connectivity index is 2.00. The summed E-state index contributed by atoms with van der Waals surface area (Å²) in [5.74, 6) is -0.0363. The Morgan fingerprint density at radius 3 is 2.88 bits per heavy atom. The summed E-state index contributed by atoms with van der Waals surface area (Å²) in [6.07, 6.45) is 0.394. The van der Waals surface area contributed by atoms with E-state index in [2.05, 4.69) is 21.2 Å². The summed E-state index contributed by atoms with van der Waals surface area (Å²) in [6.45, 7) is 0. The summed E-state index contributed by atoms with van der Waals surface area (Å²) in [5, 5.41) is 5.35. The molecular formula is C12H9BrClNOS. The average molecular weight is 331 g/mol. The number of carbonyl (C=O) groups excluding carboxylic acids is 1. The SMILES string of the molecule is O=C(Cc1cccs1)Nc1ccc(Br)c(Cl)c1. The molecule has 0 fully saturated rings. The van der Waals surface area contributed by atoms with Crippen molar-refractivity contribution in [1.82, 2.24) is 0 Å². The summed E-state index contributed by atoms with van der Waals surface area (Å²) in [5.41, 5.74) is 0.708. The number of nitrogens with one attached hydrogen (secondary N) is 1. The minimum absolute atomic E-state index is 0.0363. The minimum atomic E-state index is -0.0363. The Morgan fingerprint density at radius 2 is 2.24 bits per heavy atom. The number of halogens is 2. The molecule has 0 saturated heterocycles. The van der Waals surface area contributed by atoms with Crippen LogP contribution in [0.3, 0.4) is 0 Å². The fraction of sp³-hybridized carbons (Fsp3) is 0.0833. The van der Waals surface area contributed by atoms with Crippen LogP contribution in [0.15, 0.2) is 40.2 Å². The van der Waals surface area contributed by atoms with Gasteiger partial charge in [0.25, 0.3) is 0 Å². The third-order valence-electron chi connectivity index (χ3n) is 2.12. The maximum Gasteiger partial charge on any atom is 0.229 e. The first-order valence-corrected chi connectivity index (χ1v) is 6.97. The van der Waals surface area contributed by atoms with E-state index in [9.17, 15) is 4.79 Å². The first kappa shape index (κ1) is 12.6. The number of amides is 1. The molecule has 2 nitrogen and oxygen atoms in total. The summed E-state index contributed by atoms with van der Waals surface area (Å²) in [4.78, 5) is 12.8. The lowest BCUT2D eigenvalue weighted by molar-refractivity contribution is -0.115. The van der Waals surface area contributed by atoms with Crippen LogP contribution in [0.1, 0.15) is 4.88 Å². The van der Waals surface area contributed by atoms with Gasteiger partial charge >= 0.3 is 0 Å². The number of hydrogen-bond donors (Lipinski definition) is 1. The van der Waals surface area contributed by atoms with Crippen LogP contribution in [-0.4, -0.2) is 5.91 Å². The van der Waals surface area contributed by atoms with Gasteiger partial charge in [0.2, 0.25) is 5.91 Å². The highest BCUT2D eigenvalue weighted by Gasteiger charge is 2.06. The molecule has 17 heavy (non-hydrogen) atoms. The van der Waals surface area contributed by atoms with Crippen molar-refractivity contribution in [3.05, 3.63) is 50.1 Å². The normalized spacial score (nSPS) is 10.2. The third-order valence-corrected chi connectivity index (χ3v) is 4.23. The van der Waals surface area contributed by atoms with Gasteiger partial charge in [-0.15, -0.1) is 11.3 Å². The zero-order valence-corrected chi connectivity index (χ0v) is 11.9. The van der Waals surface area contributed by atoms with Gasteiger partial charge in [-0.05, 0) is 45.6 Å².